The third-order valence-electron chi connectivity index (χ3n) is 2.06. The van der Waals surface area contributed by atoms with Gasteiger partial charge in [0.15, 0.2) is 0 Å². The maximum Gasteiger partial charge on any atom is 0.224 e. The van der Waals surface area contributed by atoms with Crippen molar-refractivity contribution in [2.75, 3.05) is 5.73 Å². The van der Waals surface area contributed by atoms with Crippen LogP contribution in [0, 0.1) is 5.95 Å². The molecule has 1 atom stereocenters. The largest absolute Gasteiger partial charge is 0.384 e. The first kappa shape index (κ1) is 10.0. The average Bonchev–Trinajstić information content (AvgIpc) is 2.45. The fourth-order valence-corrected chi connectivity index (χ4v) is 1.73. The number of anilines is 1. The lowest BCUT2D eigenvalue weighted by molar-refractivity contribution is 0.577. The minimum absolute atomic E-state index is 0.0237. The summed E-state index contributed by atoms with van der Waals surface area (Å²) in [4.78, 5) is 3.53. The molecule has 80 valence electrons. The second kappa shape index (κ2) is 3.58. The summed E-state index contributed by atoms with van der Waals surface area (Å²) in [5.41, 5.74) is 6.17. The molecule has 1 aromatic rings. The Morgan fingerprint density at radius 2 is 2.20 bits per heavy atom. The molecule has 1 aromatic heterocycles. The number of nitrogens with two attached hydrogens (primary N) is 1. The highest BCUT2D eigenvalue weighted by molar-refractivity contribution is 6.32. The van der Waals surface area contributed by atoms with Gasteiger partial charge in [-0.1, -0.05) is 11.6 Å². The SMILES string of the molecule is C[C@H]1NC(Cl)=C(c2ccc(N)nc2F)N1. The fourth-order valence-electron chi connectivity index (χ4n) is 1.41. The smallest absolute Gasteiger partial charge is 0.224 e. The van der Waals surface area contributed by atoms with Gasteiger partial charge in [0, 0.05) is 0 Å². The maximum atomic E-state index is 13.5. The molecule has 0 bridgehead atoms. The normalized spacial score (nSPS) is 20.1. The molecular formula is C9H10ClFN4. The first-order valence-corrected chi connectivity index (χ1v) is 4.81. The van der Waals surface area contributed by atoms with Crippen molar-refractivity contribution in [3.8, 4) is 0 Å². The van der Waals surface area contributed by atoms with Crippen LogP contribution in [-0.2, 0) is 0 Å². The molecule has 1 aliphatic heterocycles. The number of nitrogens with zero attached hydrogens (tertiary/aromatic N) is 1. The Balaban J connectivity index is 2.42. The Kier molecular flexibility index (Phi) is 2.40. The van der Waals surface area contributed by atoms with Gasteiger partial charge in [0.25, 0.3) is 0 Å². The number of pyridine rings is 1. The van der Waals surface area contributed by atoms with E-state index in [9.17, 15) is 4.39 Å². The van der Waals surface area contributed by atoms with Gasteiger partial charge in [-0.25, -0.2) is 4.98 Å². The summed E-state index contributed by atoms with van der Waals surface area (Å²) in [5.74, 6) is -0.487. The van der Waals surface area contributed by atoms with Gasteiger partial charge < -0.3 is 16.4 Å². The molecule has 15 heavy (non-hydrogen) atoms. The highest BCUT2D eigenvalue weighted by atomic mass is 35.5. The predicted octanol–water partition coefficient (Wildman–Crippen LogP) is 1.21. The quantitative estimate of drug-likeness (QED) is 0.499. The van der Waals surface area contributed by atoms with Crippen LogP contribution in [0.4, 0.5) is 10.2 Å². The molecule has 2 heterocycles. The molecule has 0 amide bonds. The Hall–Kier alpha value is -1.49. The first-order valence-electron chi connectivity index (χ1n) is 4.43. The monoisotopic (exact) mass is 228 g/mol. The van der Waals surface area contributed by atoms with E-state index in [1.165, 1.54) is 6.07 Å². The zero-order valence-corrected chi connectivity index (χ0v) is 8.77. The van der Waals surface area contributed by atoms with Crippen LogP contribution >= 0.6 is 11.6 Å². The van der Waals surface area contributed by atoms with Crippen LogP contribution in [-0.4, -0.2) is 11.1 Å². The van der Waals surface area contributed by atoms with E-state index in [1.807, 2.05) is 6.92 Å². The third-order valence-corrected chi connectivity index (χ3v) is 2.36. The molecule has 0 aromatic carbocycles. The van der Waals surface area contributed by atoms with Crippen LogP contribution in [0.25, 0.3) is 5.70 Å². The highest BCUT2D eigenvalue weighted by Gasteiger charge is 2.21. The zero-order chi connectivity index (χ0) is 11.0. The summed E-state index contributed by atoms with van der Waals surface area (Å²) in [6.07, 6.45) is -0.0237. The zero-order valence-electron chi connectivity index (χ0n) is 8.01. The van der Waals surface area contributed by atoms with E-state index in [2.05, 4.69) is 15.6 Å². The van der Waals surface area contributed by atoms with Gasteiger partial charge in [-0.05, 0) is 19.1 Å². The Labute approximate surface area is 91.3 Å². The molecule has 4 N–H and O–H groups in total. The van der Waals surface area contributed by atoms with E-state index >= 15 is 0 Å². The Bertz CT molecular complexity index is 432. The second-order valence-corrected chi connectivity index (χ2v) is 3.65. The first-order chi connectivity index (χ1) is 7.08. The van der Waals surface area contributed by atoms with E-state index in [0.717, 1.165) is 0 Å². The van der Waals surface area contributed by atoms with Gasteiger partial charge in [0.1, 0.15) is 11.0 Å². The molecule has 0 radical (unpaired) electrons. The lowest BCUT2D eigenvalue weighted by Gasteiger charge is -2.07. The van der Waals surface area contributed by atoms with E-state index in [1.54, 1.807) is 6.07 Å². The van der Waals surface area contributed by atoms with Crippen molar-refractivity contribution in [3.63, 3.8) is 0 Å². The summed E-state index contributed by atoms with van der Waals surface area (Å²) in [6, 6.07) is 3.07. The number of halogens is 2. The van der Waals surface area contributed by atoms with Crippen LogP contribution < -0.4 is 16.4 Å². The Morgan fingerprint density at radius 1 is 1.47 bits per heavy atom. The van der Waals surface area contributed by atoms with Crippen molar-refractivity contribution in [2.24, 2.45) is 0 Å². The number of rotatable bonds is 1. The van der Waals surface area contributed by atoms with Crippen LogP contribution in [0.3, 0.4) is 0 Å². The van der Waals surface area contributed by atoms with Crippen molar-refractivity contribution in [1.82, 2.24) is 15.6 Å². The Morgan fingerprint density at radius 3 is 2.73 bits per heavy atom. The van der Waals surface area contributed by atoms with Gasteiger partial charge in [0.2, 0.25) is 5.95 Å². The molecule has 2 rings (SSSR count). The van der Waals surface area contributed by atoms with E-state index in [0.29, 0.717) is 16.4 Å². The maximum absolute atomic E-state index is 13.5. The standard InChI is InChI=1S/C9H10ClFN4/c1-4-13-7(8(10)14-4)5-2-3-6(12)15-9(5)11/h2-4,13-14H,1H3,(H2,12,15)/t4-/m1/s1. The number of hydrogen-bond acceptors (Lipinski definition) is 4. The van der Waals surface area contributed by atoms with Gasteiger partial charge in [-0.15, -0.1) is 0 Å². The van der Waals surface area contributed by atoms with Crippen molar-refractivity contribution in [1.29, 1.82) is 0 Å². The average molecular weight is 229 g/mol. The predicted molar refractivity (Wildman–Crippen MR) is 57.1 cm³/mol. The van der Waals surface area contributed by atoms with E-state index < -0.39 is 5.95 Å². The van der Waals surface area contributed by atoms with Crippen LogP contribution in [0.15, 0.2) is 17.3 Å². The summed E-state index contributed by atoms with van der Waals surface area (Å²) in [7, 11) is 0. The van der Waals surface area contributed by atoms with Gasteiger partial charge >= 0.3 is 0 Å². The number of nitrogens with one attached hydrogen (secondary N) is 2. The summed E-state index contributed by atoms with van der Waals surface area (Å²) >= 11 is 5.90. The fraction of sp³-hybridized carbons (Fsp3) is 0.222. The van der Waals surface area contributed by atoms with E-state index in [-0.39, 0.29) is 12.0 Å². The lowest BCUT2D eigenvalue weighted by atomic mass is 10.2. The topological polar surface area (TPSA) is 63.0 Å². The molecule has 1 aliphatic rings. The van der Waals surface area contributed by atoms with Gasteiger partial charge in [-0.3, -0.25) is 0 Å². The van der Waals surface area contributed by atoms with Crippen molar-refractivity contribution < 1.29 is 4.39 Å². The summed E-state index contributed by atoms with van der Waals surface area (Å²) in [6.45, 7) is 1.87. The summed E-state index contributed by atoms with van der Waals surface area (Å²) in [5, 5.41) is 6.29. The highest BCUT2D eigenvalue weighted by Crippen LogP contribution is 2.24. The van der Waals surface area contributed by atoms with Crippen molar-refractivity contribution in [2.45, 2.75) is 13.1 Å². The van der Waals surface area contributed by atoms with E-state index in [4.69, 9.17) is 17.3 Å². The molecule has 0 fully saturated rings. The van der Waals surface area contributed by atoms with Crippen molar-refractivity contribution in [3.05, 3.63) is 28.8 Å². The van der Waals surface area contributed by atoms with Crippen LogP contribution in [0.1, 0.15) is 12.5 Å². The minimum atomic E-state index is -0.633. The molecule has 6 heteroatoms. The molecule has 4 nitrogen and oxygen atoms in total. The number of hydrogen-bond donors (Lipinski definition) is 3. The van der Waals surface area contributed by atoms with Crippen LogP contribution in [0.5, 0.6) is 0 Å². The molecule has 0 saturated carbocycles. The van der Waals surface area contributed by atoms with Crippen molar-refractivity contribution >= 4 is 23.1 Å². The number of aromatic nitrogens is 1. The van der Waals surface area contributed by atoms with Gasteiger partial charge in [-0.2, -0.15) is 4.39 Å². The van der Waals surface area contributed by atoms with Crippen LogP contribution in [0.2, 0.25) is 0 Å². The second-order valence-electron chi connectivity index (χ2n) is 3.27. The molecular weight excluding hydrogens is 219 g/mol. The molecule has 0 unspecified atom stereocenters. The number of nitrogen functional groups attached to an aromatic ring is 1. The molecule has 0 aliphatic carbocycles. The molecule has 0 saturated heterocycles. The summed E-state index contributed by atoms with van der Waals surface area (Å²) < 4.78 is 13.5. The van der Waals surface area contributed by atoms with Gasteiger partial charge in [0.05, 0.1) is 17.4 Å². The minimum Gasteiger partial charge on any atom is -0.384 e. The third kappa shape index (κ3) is 1.83. The molecule has 0 spiro atoms. The lowest BCUT2D eigenvalue weighted by Crippen LogP contribution is -2.28.